The van der Waals surface area contributed by atoms with E-state index in [2.05, 4.69) is 25.0 Å². The van der Waals surface area contributed by atoms with Gasteiger partial charge in [-0.3, -0.25) is 15.1 Å². The number of aromatic nitrogens is 3. The smallest absolute Gasteiger partial charge is 0.354 e. The van der Waals surface area contributed by atoms with Crippen LogP contribution in [0.2, 0.25) is 0 Å². The van der Waals surface area contributed by atoms with Crippen LogP contribution in [0.5, 0.6) is 0 Å². The maximum atomic E-state index is 12.0. The number of carbonyl (C=O) groups excluding carboxylic acids is 2. The highest BCUT2D eigenvalue weighted by Gasteiger charge is 2.13. The number of nitrogens with one attached hydrogen (secondary N) is 2. The van der Waals surface area contributed by atoms with Crippen molar-refractivity contribution in [2.75, 3.05) is 12.4 Å². The Morgan fingerprint density at radius 3 is 2.96 bits per heavy atom. The molecule has 3 aromatic heterocycles. The Kier molecular flexibility index (Phi) is 4.15. The molecule has 0 saturated heterocycles. The van der Waals surface area contributed by atoms with Crippen LogP contribution in [-0.2, 0) is 4.74 Å². The van der Waals surface area contributed by atoms with Crippen molar-refractivity contribution >= 4 is 28.3 Å². The molecular weight excluding hydrogens is 316 g/mol. The van der Waals surface area contributed by atoms with Gasteiger partial charge in [0, 0.05) is 23.3 Å². The van der Waals surface area contributed by atoms with E-state index in [-0.39, 0.29) is 5.91 Å². The van der Waals surface area contributed by atoms with Crippen molar-refractivity contribution in [3.63, 3.8) is 0 Å². The van der Waals surface area contributed by atoms with Crippen LogP contribution in [0.15, 0.2) is 42.0 Å². The number of rotatable bonds is 4. The first-order valence-corrected chi connectivity index (χ1v) is 7.50. The maximum absolute atomic E-state index is 12.0. The average molecular weight is 328 g/mol. The number of methoxy groups -OCH3 is 1. The van der Waals surface area contributed by atoms with Gasteiger partial charge in [0.1, 0.15) is 11.4 Å². The van der Waals surface area contributed by atoms with Crippen molar-refractivity contribution < 1.29 is 14.3 Å². The van der Waals surface area contributed by atoms with Crippen molar-refractivity contribution in [2.24, 2.45) is 0 Å². The summed E-state index contributed by atoms with van der Waals surface area (Å²) >= 11 is 1.29. The molecule has 0 spiro atoms. The van der Waals surface area contributed by atoms with Gasteiger partial charge in [0.05, 0.1) is 12.8 Å². The highest BCUT2D eigenvalue weighted by Crippen LogP contribution is 2.25. The van der Waals surface area contributed by atoms with Crippen LogP contribution in [0, 0.1) is 0 Å². The Balaban J connectivity index is 1.74. The molecule has 0 aliphatic heterocycles. The number of carbonyl (C=O) groups is 2. The fraction of sp³-hybridized carbons (Fsp3) is 0.0667. The third-order valence-corrected chi connectivity index (χ3v) is 3.76. The zero-order chi connectivity index (χ0) is 16.2. The highest BCUT2D eigenvalue weighted by molar-refractivity contribution is 7.14. The summed E-state index contributed by atoms with van der Waals surface area (Å²) in [7, 11) is 1.32. The van der Waals surface area contributed by atoms with Crippen molar-refractivity contribution in [2.45, 2.75) is 0 Å². The summed E-state index contributed by atoms with van der Waals surface area (Å²) in [6, 6.07) is 6.75. The fourth-order valence-corrected chi connectivity index (χ4v) is 2.61. The minimum absolute atomic E-state index is 0.318. The summed E-state index contributed by atoms with van der Waals surface area (Å²) < 4.78 is 4.64. The molecule has 0 aliphatic rings. The van der Waals surface area contributed by atoms with E-state index in [0.717, 1.165) is 5.56 Å². The third-order valence-electron chi connectivity index (χ3n) is 3.01. The molecule has 0 bridgehead atoms. The monoisotopic (exact) mass is 328 g/mol. The number of hydrogen-bond acceptors (Lipinski definition) is 6. The lowest BCUT2D eigenvalue weighted by atomic mass is 10.2. The number of pyridine rings is 1. The molecule has 0 aromatic carbocycles. The van der Waals surface area contributed by atoms with Gasteiger partial charge in [0.25, 0.3) is 5.91 Å². The second-order valence-corrected chi connectivity index (χ2v) is 5.36. The number of thiazole rings is 1. The van der Waals surface area contributed by atoms with Gasteiger partial charge in [0.2, 0.25) is 0 Å². The van der Waals surface area contributed by atoms with Crippen LogP contribution in [-0.4, -0.2) is 33.9 Å². The largest absolute Gasteiger partial charge is 0.464 e. The zero-order valence-electron chi connectivity index (χ0n) is 12.1. The minimum Gasteiger partial charge on any atom is -0.464 e. The van der Waals surface area contributed by atoms with Crippen molar-refractivity contribution in [3.8, 4) is 11.3 Å². The van der Waals surface area contributed by atoms with Gasteiger partial charge in [-0.25, -0.2) is 9.78 Å². The number of nitrogens with zero attached hydrogens (tertiary/aromatic N) is 2. The molecule has 0 aliphatic carbocycles. The van der Waals surface area contributed by atoms with E-state index in [1.807, 2.05) is 0 Å². The molecule has 7 nitrogen and oxygen atoms in total. The van der Waals surface area contributed by atoms with Gasteiger partial charge in [-0.15, -0.1) is 11.3 Å². The van der Waals surface area contributed by atoms with E-state index in [1.54, 1.807) is 42.0 Å². The van der Waals surface area contributed by atoms with E-state index in [9.17, 15) is 9.59 Å². The topological polar surface area (TPSA) is 97.0 Å². The number of H-pyrrole nitrogens is 1. The first-order valence-electron chi connectivity index (χ1n) is 6.62. The lowest BCUT2D eigenvalue weighted by Gasteiger charge is -1.99. The van der Waals surface area contributed by atoms with Crippen LogP contribution in [0.3, 0.4) is 0 Å². The quantitative estimate of drug-likeness (QED) is 0.717. The maximum Gasteiger partial charge on any atom is 0.354 e. The van der Waals surface area contributed by atoms with Gasteiger partial charge in [-0.2, -0.15) is 0 Å². The predicted octanol–water partition coefficient (Wildman–Crippen LogP) is 2.57. The Morgan fingerprint density at radius 2 is 2.22 bits per heavy atom. The average Bonchev–Trinajstić information content (AvgIpc) is 3.24. The molecule has 1 amide bonds. The standard InChI is InChI=1S/C15H12N4O3S/c1-22-14(21)11-6-9(7-17-11)12-8-23-15(18-12)19-13(20)10-4-2-3-5-16-10/h2-8,17H,1H3,(H,18,19,20). The second kappa shape index (κ2) is 6.41. The van der Waals surface area contributed by atoms with Gasteiger partial charge in [0.15, 0.2) is 5.13 Å². The molecular formula is C15H12N4O3S. The second-order valence-electron chi connectivity index (χ2n) is 4.50. The van der Waals surface area contributed by atoms with E-state index in [0.29, 0.717) is 22.2 Å². The number of ether oxygens (including phenoxy) is 1. The summed E-state index contributed by atoms with van der Waals surface area (Å²) in [6.45, 7) is 0. The minimum atomic E-state index is -0.449. The Bertz CT molecular complexity index is 841. The summed E-state index contributed by atoms with van der Waals surface area (Å²) in [6.07, 6.45) is 3.21. The first kappa shape index (κ1) is 14.9. The van der Waals surface area contributed by atoms with Gasteiger partial charge in [-0.1, -0.05) is 6.07 Å². The molecule has 8 heteroatoms. The van der Waals surface area contributed by atoms with Crippen molar-refractivity contribution in [1.29, 1.82) is 0 Å². The molecule has 116 valence electrons. The summed E-state index contributed by atoms with van der Waals surface area (Å²) in [5.74, 6) is -0.772. The van der Waals surface area contributed by atoms with Crippen LogP contribution < -0.4 is 5.32 Å². The molecule has 0 radical (unpaired) electrons. The van der Waals surface area contributed by atoms with Crippen molar-refractivity contribution in [1.82, 2.24) is 15.0 Å². The van der Waals surface area contributed by atoms with E-state index < -0.39 is 5.97 Å². The summed E-state index contributed by atoms with van der Waals surface area (Å²) in [4.78, 5) is 34.6. The van der Waals surface area contributed by atoms with Gasteiger partial charge >= 0.3 is 5.97 Å². The zero-order valence-corrected chi connectivity index (χ0v) is 12.9. The van der Waals surface area contributed by atoms with Crippen LogP contribution in [0.1, 0.15) is 21.0 Å². The number of anilines is 1. The Morgan fingerprint density at radius 1 is 1.35 bits per heavy atom. The number of amides is 1. The van der Waals surface area contributed by atoms with Crippen molar-refractivity contribution in [3.05, 3.63) is 53.4 Å². The molecule has 0 fully saturated rings. The van der Waals surface area contributed by atoms with E-state index in [1.165, 1.54) is 18.4 Å². The molecule has 23 heavy (non-hydrogen) atoms. The van der Waals surface area contributed by atoms with Crippen LogP contribution >= 0.6 is 11.3 Å². The molecule has 3 aromatic rings. The first-order chi connectivity index (χ1) is 11.2. The molecule has 3 heterocycles. The Labute approximate surface area is 135 Å². The van der Waals surface area contributed by atoms with Gasteiger partial charge in [-0.05, 0) is 18.2 Å². The number of esters is 1. The summed E-state index contributed by atoms with van der Waals surface area (Å²) in [5, 5.41) is 4.94. The SMILES string of the molecule is COC(=O)c1cc(-c2csc(NC(=O)c3ccccn3)n2)c[nH]1. The lowest BCUT2D eigenvalue weighted by Crippen LogP contribution is -2.13. The third kappa shape index (κ3) is 3.27. The van der Waals surface area contributed by atoms with Gasteiger partial charge < -0.3 is 9.72 Å². The molecule has 3 rings (SSSR count). The van der Waals surface area contributed by atoms with Crippen LogP contribution in [0.25, 0.3) is 11.3 Å². The number of hydrogen-bond donors (Lipinski definition) is 2. The van der Waals surface area contributed by atoms with E-state index in [4.69, 9.17) is 0 Å². The normalized spacial score (nSPS) is 10.3. The summed E-state index contributed by atoms with van der Waals surface area (Å²) in [5.41, 5.74) is 2.05. The Hall–Kier alpha value is -3.00. The number of aromatic amines is 1. The van der Waals surface area contributed by atoms with Crippen LogP contribution in [0.4, 0.5) is 5.13 Å². The molecule has 0 saturated carbocycles. The predicted molar refractivity (Wildman–Crippen MR) is 85.4 cm³/mol. The molecule has 0 atom stereocenters. The molecule has 0 unspecified atom stereocenters. The van der Waals surface area contributed by atoms with E-state index >= 15 is 0 Å². The molecule has 2 N–H and O–H groups in total. The lowest BCUT2D eigenvalue weighted by molar-refractivity contribution is 0.0594. The highest BCUT2D eigenvalue weighted by atomic mass is 32.1. The fourth-order valence-electron chi connectivity index (χ4n) is 1.89.